The number of benzene rings is 2. The summed E-state index contributed by atoms with van der Waals surface area (Å²) in [7, 11) is 1.50. The first-order valence-electron chi connectivity index (χ1n) is 6.32. The highest BCUT2D eigenvalue weighted by Gasteiger charge is 2.15. The highest BCUT2D eigenvalue weighted by atomic mass is 35.5. The molecule has 112 valence electrons. The molecule has 3 N–H and O–H groups in total. The largest absolute Gasteiger partial charge is 0.497 e. The summed E-state index contributed by atoms with van der Waals surface area (Å²) in [6, 6.07) is 11.9. The normalized spacial score (nSPS) is 12.2. The van der Waals surface area contributed by atoms with Crippen LogP contribution in [0.1, 0.15) is 11.6 Å². The third-order valence-electron chi connectivity index (χ3n) is 3.00. The van der Waals surface area contributed by atoms with Crippen LogP contribution in [-0.2, 0) is 0 Å². The van der Waals surface area contributed by atoms with Gasteiger partial charge in [0.1, 0.15) is 11.6 Å². The summed E-state index contributed by atoms with van der Waals surface area (Å²) in [6.45, 7) is 0. The van der Waals surface area contributed by atoms with E-state index in [1.165, 1.54) is 13.2 Å². The first-order valence-corrected chi connectivity index (χ1v) is 7.68. The van der Waals surface area contributed by atoms with E-state index in [-0.39, 0.29) is 11.9 Å². The van der Waals surface area contributed by atoms with Gasteiger partial charge in [-0.05, 0) is 24.3 Å². The summed E-state index contributed by atoms with van der Waals surface area (Å²) in [5.74, 6) is 6.27. The lowest BCUT2D eigenvalue weighted by atomic mass is 10.1. The Morgan fingerprint density at radius 2 is 2.14 bits per heavy atom. The van der Waals surface area contributed by atoms with Crippen molar-refractivity contribution in [3.63, 3.8) is 0 Å². The van der Waals surface area contributed by atoms with Crippen molar-refractivity contribution in [1.82, 2.24) is 5.43 Å². The molecular formula is C15H16ClFN2OS. The summed E-state index contributed by atoms with van der Waals surface area (Å²) in [6.07, 6.45) is 0. The predicted octanol–water partition coefficient (Wildman–Crippen LogP) is 3.78. The fraction of sp³-hybridized carbons (Fsp3) is 0.200. The average Bonchev–Trinajstić information content (AvgIpc) is 2.49. The minimum absolute atomic E-state index is 0.306. The quantitative estimate of drug-likeness (QED) is 0.482. The predicted molar refractivity (Wildman–Crippen MR) is 85.2 cm³/mol. The molecule has 0 saturated carbocycles. The highest BCUT2D eigenvalue weighted by molar-refractivity contribution is 7.99. The van der Waals surface area contributed by atoms with Crippen molar-refractivity contribution in [2.45, 2.75) is 10.9 Å². The van der Waals surface area contributed by atoms with Crippen LogP contribution in [0.3, 0.4) is 0 Å². The molecule has 1 unspecified atom stereocenters. The zero-order chi connectivity index (χ0) is 15.2. The van der Waals surface area contributed by atoms with Gasteiger partial charge < -0.3 is 4.74 Å². The third-order valence-corrected chi connectivity index (χ3v) is 4.32. The number of hydrogen-bond donors (Lipinski definition) is 2. The Morgan fingerprint density at radius 3 is 2.76 bits per heavy atom. The standard InChI is InChI=1S/C15H16ClFN2OS/c1-20-11-5-6-13(14(17)8-11)15(19-18)9-21-12-4-2-3-10(16)7-12/h2-8,15,19H,9,18H2,1H3. The van der Waals surface area contributed by atoms with Crippen LogP contribution < -0.4 is 16.0 Å². The molecule has 0 saturated heterocycles. The summed E-state index contributed by atoms with van der Waals surface area (Å²) < 4.78 is 19.1. The van der Waals surface area contributed by atoms with E-state index < -0.39 is 0 Å². The Balaban J connectivity index is 2.09. The maximum Gasteiger partial charge on any atom is 0.131 e. The Labute approximate surface area is 132 Å². The molecule has 0 radical (unpaired) electrons. The molecule has 0 fully saturated rings. The van der Waals surface area contributed by atoms with Crippen molar-refractivity contribution >= 4 is 23.4 Å². The second kappa shape index (κ2) is 7.66. The number of ether oxygens (including phenoxy) is 1. The maximum atomic E-state index is 14.1. The van der Waals surface area contributed by atoms with Gasteiger partial charge >= 0.3 is 0 Å². The van der Waals surface area contributed by atoms with E-state index in [0.717, 1.165) is 4.90 Å². The molecule has 0 bridgehead atoms. The van der Waals surface area contributed by atoms with E-state index in [2.05, 4.69) is 5.43 Å². The van der Waals surface area contributed by atoms with E-state index in [1.54, 1.807) is 23.9 Å². The molecular weight excluding hydrogens is 311 g/mol. The molecule has 3 nitrogen and oxygen atoms in total. The highest BCUT2D eigenvalue weighted by Crippen LogP contribution is 2.28. The Morgan fingerprint density at radius 1 is 1.33 bits per heavy atom. The number of hydrogen-bond acceptors (Lipinski definition) is 4. The van der Waals surface area contributed by atoms with Crippen molar-refractivity contribution in [1.29, 1.82) is 0 Å². The molecule has 0 aliphatic rings. The van der Waals surface area contributed by atoms with Crippen LogP contribution in [0.5, 0.6) is 5.75 Å². The van der Waals surface area contributed by atoms with Crippen molar-refractivity contribution in [2.24, 2.45) is 5.84 Å². The molecule has 0 aliphatic carbocycles. The average molecular weight is 327 g/mol. The fourth-order valence-electron chi connectivity index (χ4n) is 1.88. The number of thioether (sulfide) groups is 1. The monoisotopic (exact) mass is 326 g/mol. The van der Waals surface area contributed by atoms with Gasteiger partial charge in [0.25, 0.3) is 0 Å². The molecule has 2 rings (SSSR count). The first kappa shape index (κ1) is 16.1. The number of halogens is 2. The van der Waals surface area contributed by atoms with Gasteiger partial charge in [0.05, 0.1) is 13.2 Å². The van der Waals surface area contributed by atoms with Gasteiger partial charge in [-0.1, -0.05) is 23.7 Å². The van der Waals surface area contributed by atoms with Gasteiger partial charge in [0, 0.05) is 27.3 Å². The lowest BCUT2D eigenvalue weighted by Crippen LogP contribution is -2.30. The van der Waals surface area contributed by atoms with Gasteiger partial charge in [-0.25, -0.2) is 4.39 Å². The Kier molecular flexibility index (Phi) is 5.87. The van der Waals surface area contributed by atoms with Gasteiger partial charge in [-0.2, -0.15) is 0 Å². The zero-order valence-corrected chi connectivity index (χ0v) is 13.0. The van der Waals surface area contributed by atoms with Gasteiger partial charge in [-0.3, -0.25) is 11.3 Å². The van der Waals surface area contributed by atoms with Gasteiger partial charge in [0.15, 0.2) is 0 Å². The number of nitrogens with two attached hydrogens (primary N) is 1. The summed E-state index contributed by atoms with van der Waals surface area (Å²) in [5.41, 5.74) is 3.15. The lowest BCUT2D eigenvalue weighted by molar-refractivity contribution is 0.409. The van der Waals surface area contributed by atoms with Crippen LogP contribution in [0.15, 0.2) is 47.4 Å². The number of nitrogens with one attached hydrogen (secondary N) is 1. The number of hydrazine groups is 1. The van der Waals surface area contributed by atoms with Crippen LogP contribution in [-0.4, -0.2) is 12.9 Å². The molecule has 21 heavy (non-hydrogen) atoms. The Bertz CT molecular complexity index is 612. The minimum atomic E-state index is -0.344. The van der Waals surface area contributed by atoms with E-state index in [0.29, 0.717) is 22.1 Å². The first-order chi connectivity index (χ1) is 10.1. The van der Waals surface area contributed by atoms with Gasteiger partial charge in [0.2, 0.25) is 0 Å². The third kappa shape index (κ3) is 4.35. The molecule has 2 aromatic rings. The molecule has 0 heterocycles. The summed E-state index contributed by atoms with van der Waals surface area (Å²) in [4.78, 5) is 1.01. The lowest BCUT2D eigenvalue weighted by Gasteiger charge is -2.17. The van der Waals surface area contributed by atoms with Crippen molar-refractivity contribution < 1.29 is 9.13 Å². The molecule has 2 aromatic carbocycles. The topological polar surface area (TPSA) is 47.3 Å². The number of methoxy groups -OCH3 is 1. The van der Waals surface area contributed by atoms with Crippen molar-refractivity contribution in [2.75, 3.05) is 12.9 Å². The number of rotatable bonds is 6. The van der Waals surface area contributed by atoms with Crippen LogP contribution in [0.4, 0.5) is 4.39 Å². The maximum absolute atomic E-state index is 14.1. The minimum Gasteiger partial charge on any atom is -0.497 e. The molecule has 6 heteroatoms. The van der Waals surface area contributed by atoms with Gasteiger partial charge in [-0.15, -0.1) is 11.8 Å². The summed E-state index contributed by atoms with van der Waals surface area (Å²) >= 11 is 7.50. The van der Waals surface area contributed by atoms with E-state index in [4.69, 9.17) is 22.2 Å². The molecule has 0 amide bonds. The second-order valence-electron chi connectivity index (χ2n) is 4.38. The van der Waals surface area contributed by atoms with E-state index in [1.807, 2.05) is 24.3 Å². The molecule has 0 spiro atoms. The van der Waals surface area contributed by atoms with Crippen molar-refractivity contribution in [3.05, 3.63) is 58.9 Å². The SMILES string of the molecule is COc1ccc(C(CSc2cccc(Cl)c2)NN)c(F)c1. The van der Waals surface area contributed by atoms with Crippen LogP contribution in [0.25, 0.3) is 0 Å². The van der Waals surface area contributed by atoms with E-state index in [9.17, 15) is 4.39 Å². The summed E-state index contributed by atoms with van der Waals surface area (Å²) in [5, 5.41) is 0.674. The second-order valence-corrected chi connectivity index (χ2v) is 5.90. The molecule has 0 aliphatic heterocycles. The van der Waals surface area contributed by atoms with E-state index >= 15 is 0 Å². The zero-order valence-electron chi connectivity index (χ0n) is 11.5. The smallest absolute Gasteiger partial charge is 0.131 e. The fourth-order valence-corrected chi connectivity index (χ4v) is 3.16. The molecule has 1 atom stereocenters. The van der Waals surface area contributed by atoms with Crippen LogP contribution >= 0.6 is 23.4 Å². The Hall–Kier alpha value is -1.27. The van der Waals surface area contributed by atoms with Crippen LogP contribution in [0, 0.1) is 5.82 Å². The molecule has 0 aromatic heterocycles. The van der Waals surface area contributed by atoms with Crippen LogP contribution in [0.2, 0.25) is 5.02 Å². The van der Waals surface area contributed by atoms with Crippen molar-refractivity contribution in [3.8, 4) is 5.75 Å².